The first kappa shape index (κ1) is 13.8. The molecule has 0 saturated heterocycles. The van der Waals surface area contributed by atoms with E-state index in [1.54, 1.807) is 24.0 Å². The van der Waals surface area contributed by atoms with Crippen molar-refractivity contribution in [1.29, 1.82) is 0 Å². The number of esters is 1. The summed E-state index contributed by atoms with van der Waals surface area (Å²) >= 11 is 0. The molecule has 0 unspecified atom stereocenters. The van der Waals surface area contributed by atoms with E-state index in [4.69, 9.17) is 5.11 Å². The van der Waals surface area contributed by atoms with Gasteiger partial charge in [-0.25, -0.2) is 9.59 Å². The van der Waals surface area contributed by atoms with Crippen LogP contribution in [0.4, 0.5) is 0 Å². The highest BCUT2D eigenvalue weighted by molar-refractivity contribution is 6.13. The number of likely N-dealkylation sites (N-methyl/N-ethyl adjacent to an activating group) is 1. The second-order valence-electron chi connectivity index (χ2n) is 3.51. The van der Waals surface area contributed by atoms with Crippen molar-refractivity contribution in [3.05, 3.63) is 47.9 Å². The first-order valence-electron chi connectivity index (χ1n) is 5.46. The zero-order chi connectivity index (χ0) is 13.5. The lowest BCUT2D eigenvalue weighted by molar-refractivity contribution is -0.143. The van der Waals surface area contributed by atoms with Crippen LogP contribution in [-0.4, -0.2) is 35.6 Å². The molecule has 0 atom stereocenters. The summed E-state index contributed by atoms with van der Waals surface area (Å²) in [5.74, 6) is -2.14. The standard InChI is InChI=1S/C13H15NO4/c1-3-18-13(17)11(12(15)16)8-7-10-6-4-5-9-14(10)2/h4-9H,3H2,1-2H3,(H,15,16). The van der Waals surface area contributed by atoms with Crippen molar-refractivity contribution in [3.63, 3.8) is 0 Å². The van der Waals surface area contributed by atoms with Crippen LogP contribution in [0.15, 0.2) is 47.9 Å². The van der Waals surface area contributed by atoms with E-state index < -0.39 is 11.9 Å². The maximum absolute atomic E-state index is 11.4. The molecule has 1 heterocycles. The second-order valence-corrected chi connectivity index (χ2v) is 3.51. The van der Waals surface area contributed by atoms with Gasteiger partial charge in [-0.3, -0.25) is 0 Å². The molecule has 5 nitrogen and oxygen atoms in total. The fourth-order valence-electron chi connectivity index (χ4n) is 1.31. The average molecular weight is 249 g/mol. The molecule has 96 valence electrons. The van der Waals surface area contributed by atoms with E-state index in [0.29, 0.717) is 0 Å². The molecule has 0 aliphatic carbocycles. The number of rotatable bonds is 4. The summed E-state index contributed by atoms with van der Waals surface area (Å²) in [4.78, 5) is 24.1. The van der Waals surface area contributed by atoms with Crippen LogP contribution in [0.1, 0.15) is 6.92 Å². The highest BCUT2D eigenvalue weighted by Crippen LogP contribution is 2.10. The molecular formula is C13H15NO4. The molecular weight excluding hydrogens is 234 g/mol. The van der Waals surface area contributed by atoms with Gasteiger partial charge in [0.2, 0.25) is 0 Å². The van der Waals surface area contributed by atoms with Gasteiger partial charge in [-0.2, -0.15) is 0 Å². The van der Waals surface area contributed by atoms with Crippen LogP contribution in [0, 0.1) is 0 Å². The molecule has 0 saturated carbocycles. The number of ether oxygens (including phenoxy) is 1. The SMILES string of the molecule is CCOC(=O)C(=CC=C1C=CC=CN1C)C(=O)O. The van der Waals surface area contributed by atoms with Crippen LogP contribution in [-0.2, 0) is 14.3 Å². The normalized spacial score (nSPS) is 17.1. The molecule has 1 rings (SSSR count). The van der Waals surface area contributed by atoms with Gasteiger partial charge in [-0.1, -0.05) is 6.08 Å². The Hall–Kier alpha value is -2.30. The van der Waals surface area contributed by atoms with Crippen LogP contribution in [0.5, 0.6) is 0 Å². The van der Waals surface area contributed by atoms with Gasteiger partial charge in [0, 0.05) is 18.9 Å². The molecule has 18 heavy (non-hydrogen) atoms. The van der Waals surface area contributed by atoms with E-state index in [-0.39, 0.29) is 12.2 Å². The predicted molar refractivity (Wildman–Crippen MR) is 66.5 cm³/mol. The number of carbonyl (C=O) groups is 2. The van der Waals surface area contributed by atoms with Gasteiger partial charge in [0.25, 0.3) is 0 Å². The van der Waals surface area contributed by atoms with Crippen molar-refractivity contribution >= 4 is 11.9 Å². The fraction of sp³-hybridized carbons (Fsp3) is 0.231. The van der Waals surface area contributed by atoms with Gasteiger partial charge in [-0.15, -0.1) is 0 Å². The van der Waals surface area contributed by atoms with Crippen LogP contribution in [0.2, 0.25) is 0 Å². The Kier molecular flexibility index (Phi) is 4.92. The number of nitrogens with zero attached hydrogens (tertiary/aromatic N) is 1. The number of carboxylic acids is 1. The van der Waals surface area contributed by atoms with Crippen molar-refractivity contribution in [3.8, 4) is 0 Å². The minimum Gasteiger partial charge on any atom is -0.477 e. The molecule has 0 amide bonds. The topological polar surface area (TPSA) is 66.8 Å². The van der Waals surface area contributed by atoms with Crippen molar-refractivity contribution in [2.75, 3.05) is 13.7 Å². The molecule has 0 radical (unpaired) electrons. The smallest absolute Gasteiger partial charge is 0.345 e. The van der Waals surface area contributed by atoms with Crippen LogP contribution in [0.25, 0.3) is 0 Å². The van der Waals surface area contributed by atoms with Crippen molar-refractivity contribution in [1.82, 2.24) is 4.90 Å². The summed E-state index contributed by atoms with van der Waals surface area (Å²) < 4.78 is 4.67. The van der Waals surface area contributed by atoms with Gasteiger partial charge in [-0.05, 0) is 31.2 Å². The maximum Gasteiger partial charge on any atom is 0.345 e. The molecule has 0 spiro atoms. The Morgan fingerprint density at radius 1 is 1.44 bits per heavy atom. The van der Waals surface area contributed by atoms with Crippen LogP contribution >= 0.6 is 0 Å². The first-order valence-corrected chi connectivity index (χ1v) is 5.46. The molecule has 0 aromatic rings. The number of aliphatic carboxylic acids is 1. The number of allylic oxidation sites excluding steroid dienone is 5. The van der Waals surface area contributed by atoms with Gasteiger partial charge in [0.15, 0.2) is 0 Å². The molecule has 0 aromatic heterocycles. The Balaban J connectivity index is 2.93. The van der Waals surface area contributed by atoms with Gasteiger partial charge in [0.1, 0.15) is 5.57 Å². The summed E-state index contributed by atoms with van der Waals surface area (Å²) in [6.45, 7) is 1.76. The van der Waals surface area contributed by atoms with Crippen molar-refractivity contribution < 1.29 is 19.4 Å². The Morgan fingerprint density at radius 2 is 2.17 bits per heavy atom. The van der Waals surface area contributed by atoms with Crippen molar-refractivity contribution in [2.45, 2.75) is 6.92 Å². The van der Waals surface area contributed by atoms with E-state index in [9.17, 15) is 9.59 Å². The lowest BCUT2D eigenvalue weighted by atomic mass is 10.2. The quantitative estimate of drug-likeness (QED) is 0.353. The van der Waals surface area contributed by atoms with Gasteiger partial charge >= 0.3 is 11.9 Å². The number of hydrogen-bond donors (Lipinski definition) is 1. The third-order valence-corrected chi connectivity index (χ3v) is 2.24. The maximum atomic E-state index is 11.4. The highest BCUT2D eigenvalue weighted by Gasteiger charge is 2.17. The lowest BCUT2D eigenvalue weighted by Gasteiger charge is -2.17. The van der Waals surface area contributed by atoms with E-state index >= 15 is 0 Å². The molecule has 0 aromatic carbocycles. The Bertz CT molecular complexity index is 458. The molecule has 0 bridgehead atoms. The van der Waals surface area contributed by atoms with Gasteiger partial charge in [0.05, 0.1) is 6.61 Å². The lowest BCUT2D eigenvalue weighted by Crippen LogP contribution is -2.15. The number of hydrogen-bond acceptors (Lipinski definition) is 4. The average Bonchev–Trinajstić information content (AvgIpc) is 2.31. The fourth-order valence-corrected chi connectivity index (χ4v) is 1.31. The molecule has 5 heteroatoms. The van der Waals surface area contributed by atoms with E-state index in [1.165, 1.54) is 6.08 Å². The summed E-state index contributed by atoms with van der Waals surface area (Å²) in [6.07, 6.45) is 10.1. The third-order valence-electron chi connectivity index (χ3n) is 2.24. The monoisotopic (exact) mass is 249 g/mol. The largest absolute Gasteiger partial charge is 0.477 e. The second kappa shape index (κ2) is 6.44. The number of carboxylic acid groups (broad SMARTS) is 1. The molecule has 0 fully saturated rings. The minimum atomic E-state index is -1.30. The summed E-state index contributed by atoms with van der Waals surface area (Å²) in [7, 11) is 1.82. The zero-order valence-corrected chi connectivity index (χ0v) is 10.3. The molecule has 1 aliphatic heterocycles. The summed E-state index contributed by atoms with van der Waals surface area (Å²) in [6, 6.07) is 0. The van der Waals surface area contributed by atoms with Gasteiger partial charge < -0.3 is 14.7 Å². The van der Waals surface area contributed by atoms with E-state index in [2.05, 4.69) is 4.74 Å². The van der Waals surface area contributed by atoms with E-state index in [1.807, 2.05) is 25.4 Å². The highest BCUT2D eigenvalue weighted by atomic mass is 16.5. The van der Waals surface area contributed by atoms with E-state index in [0.717, 1.165) is 5.70 Å². The molecule has 1 aliphatic rings. The Labute approximate surface area is 105 Å². The van der Waals surface area contributed by atoms with Crippen LogP contribution in [0.3, 0.4) is 0 Å². The van der Waals surface area contributed by atoms with Crippen LogP contribution < -0.4 is 0 Å². The minimum absolute atomic E-state index is 0.141. The van der Waals surface area contributed by atoms with Crippen molar-refractivity contribution in [2.24, 2.45) is 0 Å². The summed E-state index contributed by atoms with van der Waals surface area (Å²) in [5, 5.41) is 8.92. The zero-order valence-electron chi connectivity index (χ0n) is 10.3. The summed E-state index contributed by atoms with van der Waals surface area (Å²) in [5.41, 5.74) is 0.390. The predicted octanol–water partition coefficient (Wildman–Crippen LogP) is 1.46. The Morgan fingerprint density at radius 3 is 2.72 bits per heavy atom. The number of carbonyl (C=O) groups excluding carboxylic acids is 1. The third kappa shape index (κ3) is 3.62. The first-order chi connectivity index (χ1) is 8.56. The molecule has 1 N–H and O–H groups in total.